The van der Waals surface area contributed by atoms with Crippen molar-refractivity contribution in [3.8, 4) is 11.5 Å². The Kier molecular flexibility index (Phi) is 8.28. The molecule has 1 amide bonds. The summed E-state index contributed by atoms with van der Waals surface area (Å²) < 4.78 is 36.9. The van der Waals surface area contributed by atoms with Gasteiger partial charge >= 0.3 is 0 Å². The summed E-state index contributed by atoms with van der Waals surface area (Å²) in [6.45, 7) is 0.377. The van der Waals surface area contributed by atoms with Gasteiger partial charge in [0.15, 0.2) is 11.5 Å². The Bertz CT molecular complexity index is 869. The van der Waals surface area contributed by atoms with Crippen molar-refractivity contribution in [1.29, 1.82) is 0 Å². The van der Waals surface area contributed by atoms with E-state index in [0.717, 1.165) is 6.42 Å². The summed E-state index contributed by atoms with van der Waals surface area (Å²) in [5.41, 5.74) is 1.54. The summed E-state index contributed by atoms with van der Waals surface area (Å²) in [6, 6.07) is 14.6. The highest BCUT2D eigenvalue weighted by Crippen LogP contribution is 2.27. The lowest BCUT2D eigenvalue weighted by Gasteiger charge is -2.10. The van der Waals surface area contributed by atoms with E-state index in [0.29, 0.717) is 30.0 Å². The van der Waals surface area contributed by atoms with Crippen LogP contribution in [0.5, 0.6) is 11.5 Å². The molecule has 0 heterocycles. The molecule has 0 atom stereocenters. The molecule has 152 valence electrons. The summed E-state index contributed by atoms with van der Waals surface area (Å²) in [5.74, 6) is 0.390. The highest BCUT2D eigenvalue weighted by atomic mass is 32.2. The molecule has 2 aromatic carbocycles. The van der Waals surface area contributed by atoms with Gasteiger partial charge in [0.1, 0.15) is 0 Å². The van der Waals surface area contributed by atoms with Crippen LogP contribution < -0.4 is 19.5 Å². The van der Waals surface area contributed by atoms with Gasteiger partial charge in [-0.15, -0.1) is 0 Å². The second-order valence-corrected chi connectivity index (χ2v) is 8.05. The Morgan fingerprint density at radius 2 is 1.68 bits per heavy atom. The van der Waals surface area contributed by atoms with E-state index in [-0.39, 0.29) is 18.2 Å². The monoisotopic (exact) mass is 406 g/mol. The van der Waals surface area contributed by atoms with Gasteiger partial charge in [-0.2, -0.15) is 0 Å². The largest absolute Gasteiger partial charge is 0.493 e. The Morgan fingerprint density at radius 3 is 2.36 bits per heavy atom. The molecule has 0 radical (unpaired) electrons. The third kappa shape index (κ3) is 6.86. The fourth-order valence-electron chi connectivity index (χ4n) is 2.62. The fourth-order valence-corrected chi connectivity index (χ4v) is 3.59. The number of rotatable bonds is 11. The predicted molar refractivity (Wildman–Crippen MR) is 108 cm³/mol. The summed E-state index contributed by atoms with van der Waals surface area (Å²) in [4.78, 5) is 12.2. The van der Waals surface area contributed by atoms with E-state index in [1.807, 2.05) is 30.3 Å². The van der Waals surface area contributed by atoms with Crippen molar-refractivity contribution < 1.29 is 22.7 Å². The van der Waals surface area contributed by atoms with Crippen LogP contribution in [-0.2, 0) is 16.4 Å². The molecule has 7 nitrogen and oxygen atoms in total. The first-order valence-corrected chi connectivity index (χ1v) is 10.6. The molecule has 8 heteroatoms. The van der Waals surface area contributed by atoms with Crippen LogP contribution in [-0.4, -0.2) is 47.4 Å². The van der Waals surface area contributed by atoms with Crippen LogP contribution in [0.3, 0.4) is 0 Å². The van der Waals surface area contributed by atoms with Gasteiger partial charge in [0.25, 0.3) is 5.91 Å². The minimum atomic E-state index is -3.45. The van der Waals surface area contributed by atoms with Crippen molar-refractivity contribution in [2.45, 2.75) is 12.8 Å². The first-order valence-electron chi connectivity index (χ1n) is 8.96. The van der Waals surface area contributed by atoms with Gasteiger partial charge in [-0.3, -0.25) is 4.79 Å². The zero-order chi connectivity index (χ0) is 20.4. The Balaban J connectivity index is 1.74. The average Bonchev–Trinajstić information content (AvgIpc) is 2.71. The van der Waals surface area contributed by atoms with E-state index in [4.69, 9.17) is 9.47 Å². The zero-order valence-corrected chi connectivity index (χ0v) is 16.9. The van der Waals surface area contributed by atoms with Gasteiger partial charge in [0.2, 0.25) is 10.0 Å². The highest BCUT2D eigenvalue weighted by molar-refractivity contribution is 7.89. The van der Waals surface area contributed by atoms with Crippen molar-refractivity contribution >= 4 is 15.9 Å². The molecule has 0 fully saturated rings. The Morgan fingerprint density at radius 1 is 0.964 bits per heavy atom. The molecule has 0 aliphatic rings. The van der Waals surface area contributed by atoms with Gasteiger partial charge in [-0.25, -0.2) is 13.1 Å². The third-order valence-corrected chi connectivity index (χ3v) is 5.49. The minimum absolute atomic E-state index is 0.0151. The molecule has 0 aliphatic heterocycles. The number of nitrogens with one attached hydrogen (secondary N) is 2. The van der Waals surface area contributed by atoms with E-state index in [2.05, 4.69) is 10.0 Å². The van der Waals surface area contributed by atoms with Crippen LogP contribution in [0, 0.1) is 0 Å². The summed E-state index contributed by atoms with van der Waals surface area (Å²) in [7, 11) is -0.456. The molecule has 0 bridgehead atoms. The van der Waals surface area contributed by atoms with Crippen molar-refractivity contribution in [3.05, 3.63) is 59.7 Å². The number of benzene rings is 2. The minimum Gasteiger partial charge on any atom is -0.493 e. The number of methoxy groups -OCH3 is 2. The van der Waals surface area contributed by atoms with E-state index < -0.39 is 10.0 Å². The first kappa shape index (κ1) is 21.7. The maximum atomic E-state index is 12.2. The van der Waals surface area contributed by atoms with E-state index in [1.165, 1.54) is 19.8 Å². The molecule has 2 rings (SSSR count). The standard InChI is InChI=1S/C20H26N2O5S/c1-26-18-11-10-17(15-19(18)27-2)20(23)21-13-14-28(24,25)22-12-6-9-16-7-4-3-5-8-16/h3-5,7-8,10-11,15,22H,6,9,12-14H2,1-2H3,(H,21,23). The zero-order valence-electron chi connectivity index (χ0n) is 16.1. The number of ether oxygens (including phenoxy) is 2. The Labute approximate surface area is 166 Å². The second kappa shape index (κ2) is 10.7. The molecular weight excluding hydrogens is 380 g/mol. The number of carbonyl (C=O) groups is 1. The average molecular weight is 407 g/mol. The molecule has 0 aliphatic carbocycles. The topological polar surface area (TPSA) is 93.7 Å². The Hall–Kier alpha value is -2.58. The SMILES string of the molecule is COc1ccc(C(=O)NCCS(=O)(=O)NCCCc2ccccc2)cc1OC. The molecule has 2 N–H and O–H groups in total. The lowest BCUT2D eigenvalue weighted by atomic mass is 10.1. The maximum absolute atomic E-state index is 12.2. The van der Waals surface area contributed by atoms with Crippen molar-refractivity contribution in [2.75, 3.05) is 33.1 Å². The van der Waals surface area contributed by atoms with Gasteiger partial charge in [0, 0.05) is 18.7 Å². The number of aryl methyl sites for hydroxylation is 1. The number of hydrogen-bond donors (Lipinski definition) is 2. The summed E-state index contributed by atoms with van der Waals surface area (Å²) in [6.07, 6.45) is 1.51. The second-order valence-electron chi connectivity index (χ2n) is 6.13. The molecule has 0 saturated carbocycles. The molecule has 0 spiro atoms. The van der Waals surface area contributed by atoms with Crippen LogP contribution in [0.4, 0.5) is 0 Å². The number of hydrogen-bond acceptors (Lipinski definition) is 5. The maximum Gasteiger partial charge on any atom is 0.251 e. The van der Waals surface area contributed by atoms with Gasteiger partial charge in [0.05, 0.1) is 20.0 Å². The van der Waals surface area contributed by atoms with Crippen LogP contribution in [0.15, 0.2) is 48.5 Å². The van der Waals surface area contributed by atoms with Crippen molar-refractivity contribution in [2.24, 2.45) is 0 Å². The number of sulfonamides is 1. The third-order valence-electron chi connectivity index (χ3n) is 4.11. The fraction of sp³-hybridized carbons (Fsp3) is 0.350. The smallest absolute Gasteiger partial charge is 0.251 e. The molecule has 0 saturated heterocycles. The summed E-state index contributed by atoms with van der Waals surface area (Å²) >= 11 is 0. The normalized spacial score (nSPS) is 11.1. The lowest BCUT2D eigenvalue weighted by Crippen LogP contribution is -2.35. The molecular formula is C20H26N2O5S. The lowest BCUT2D eigenvalue weighted by molar-refractivity contribution is 0.0955. The molecule has 0 unspecified atom stereocenters. The van der Waals surface area contributed by atoms with E-state index in [1.54, 1.807) is 18.2 Å². The van der Waals surface area contributed by atoms with E-state index >= 15 is 0 Å². The van der Waals surface area contributed by atoms with Crippen LogP contribution in [0.1, 0.15) is 22.3 Å². The number of carbonyl (C=O) groups excluding carboxylic acids is 1. The van der Waals surface area contributed by atoms with Crippen molar-refractivity contribution in [3.63, 3.8) is 0 Å². The molecule has 28 heavy (non-hydrogen) atoms. The predicted octanol–water partition coefficient (Wildman–Crippen LogP) is 1.99. The first-order chi connectivity index (χ1) is 13.4. The van der Waals surface area contributed by atoms with Gasteiger partial charge in [-0.1, -0.05) is 30.3 Å². The van der Waals surface area contributed by atoms with Crippen LogP contribution in [0.25, 0.3) is 0 Å². The van der Waals surface area contributed by atoms with E-state index in [9.17, 15) is 13.2 Å². The van der Waals surface area contributed by atoms with Gasteiger partial charge in [-0.05, 0) is 36.6 Å². The molecule has 0 aromatic heterocycles. The highest BCUT2D eigenvalue weighted by Gasteiger charge is 2.13. The molecule has 2 aromatic rings. The van der Waals surface area contributed by atoms with Crippen LogP contribution >= 0.6 is 0 Å². The van der Waals surface area contributed by atoms with Gasteiger partial charge < -0.3 is 14.8 Å². The number of amides is 1. The van der Waals surface area contributed by atoms with Crippen molar-refractivity contribution in [1.82, 2.24) is 10.0 Å². The quantitative estimate of drug-likeness (QED) is 0.557. The van der Waals surface area contributed by atoms with Crippen LogP contribution in [0.2, 0.25) is 0 Å². The summed E-state index contributed by atoms with van der Waals surface area (Å²) in [5, 5.41) is 2.61.